The number of amides is 1. The summed E-state index contributed by atoms with van der Waals surface area (Å²) in [6.07, 6.45) is 0. The molecule has 1 saturated heterocycles. The van der Waals surface area contributed by atoms with Gasteiger partial charge in [-0.25, -0.2) is 4.39 Å². The first kappa shape index (κ1) is 13.7. The molecule has 20 heavy (non-hydrogen) atoms. The zero-order chi connectivity index (χ0) is 14.3. The van der Waals surface area contributed by atoms with E-state index in [1.54, 1.807) is 28.4 Å². The summed E-state index contributed by atoms with van der Waals surface area (Å²) in [4.78, 5) is 14.7. The molecule has 1 fully saturated rings. The quantitative estimate of drug-likeness (QED) is 0.861. The molecule has 2 atom stereocenters. The van der Waals surface area contributed by atoms with Crippen molar-refractivity contribution < 1.29 is 9.18 Å². The van der Waals surface area contributed by atoms with Gasteiger partial charge >= 0.3 is 0 Å². The van der Waals surface area contributed by atoms with Crippen LogP contribution in [0.1, 0.15) is 16.5 Å². The normalized spacial score (nSPS) is 21.9. The number of hydrogen-bond donors (Lipinski definition) is 1. The zero-order valence-electron chi connectivity index (χ0n) is 10.4. The van der Waals surface area contributed by atoms with Crippen molar-refractivity contribution in [3.63, 3.8) is 0 Å². The van der Waals surface area contributed by atoms with Crippen molar-refractivity contribution in [1.82, 2.24) is 4.90 Å². The van der Waals surface area contributed by atoms with Gasteiger partial charge in [-0.1, -0.05) is 12.1 Å². The van der Waals surface area contributed by atoms with E-state index in [0.717, 1.165) is 14.2 Å². The minimum atomic E-state index is -0.485. The molecular weight excluding hydrogens is 343 g/mol. The molecule has 104 valence electrons. The lowest BCUT2D eigenvalue weighted by Crippen LogP contribution is -2.62. The molecular formula is C14H12BrFN2OS. The first-order chi connectivity index (χ1) is 9.56. The van der Waals surface area contributed by atoms with E-state index >= 15 is 0 Å². The standard InChI is InChI=1S/C14H12BrFN2OS/c15-11-6-5-10(20-11)13-12(17)14(19)18(13)7-8-1-3-9(16)4-2-8/h1-6,12-13H,7,17H2/t12-,13+/m0/s1. The van der Waals surface area contributed by atoms with Crippen LogP contribution in [-0.2, 0) is 11.3 Å². The van der Waals surface area contributed by atoms with Crippen LogP contribution < -0.4 is 5.73 Å². The van der Waals surface area contributed by atoms with Crippen molar-refractivity contribution in [3.05, 3.63) is 56.4 Å². The maximum absolute atomic E-state index is 12.9. The van der Waals surface area contributed by atoms with E-state index < -0.39 is 6.04 Å². The smallest absolute Gasteiger partial charge is 0.242 e. The first-order valence-corrected chi connectivity index (χ1v) is 7.73. The Morgan fingerprint density at radius 3 is 2.55 bits per heavy atom. The average Bonchev–Trinajstić information content (AvgIpc) is 2.86. The number of likely N-dealkylation sites (tertiary alicyclic amines) is 1. The summed E-state index contributed by atoms with van der Waals surface area (Å²) in [6.45, 7) is 0.451. The van der Waals surface area contributed by atoms with E-state index in [4.69, 9.17) is 5.73 Å². The zero-order valence-corrected chi connectivity index (χ0v) is 12.8. The van der Waals surface area contributed by atoms with Crippen LogP contribution in [0.2, 0.25) is 0 Å². The average molecular weight is 355 g/mol. The van der Waals surface area contributed by atoms with Crippen LogP contribution in [0.5, 0.6) is 0 Å². The molecule has 1 amide bonds. The van der Waals surface area contributed by atoms with E-state index in [1.165, 1.54) is 12.1 Å². The Balaban J connectivity index is 1.80. The third-order valence-corrected chi connectivity index (χ3v) is 5.09. The number of carbonyl (C=O) groups excluding carboxylic acids is 1. The molecule has 0 radical (unpaired) electrons. The highest BCUT2D eigenvalue weighted by atomic mass is 79.9. The third-order valence-electron chi connectivity index (χ3n) is 3.40. The summed E-state index contributed by atoms with van der Waals surface area (Å²) in [5.74, 6) is -0.344. The topological polar surface area (TPSA) is 46.3 Å². The Bertz CT molecular complexity index is 643. The number of thiophene rings is 1. The van der Waals surface area contributed by atoms with Crippen LogP contribution in [0.3, 0.4) is 0 Å². The number of benzene rings is 1. The summed E-state index contributed by atoms with van der Waals surface area (Å²) >= 11 is 4.99. The Morgan fingerprint density at radius 2 is 1.95 bits per heavy atom. The predicted octanol–water partition coefficient (Wildman–Crippen LogP) is 3.06. The predicted molar refractivity (Wildman–Crippen MR) is 79.7 cm³/mol. The maximum atomic E-state index is 12.9. The lowest BCUT2D eigenvalue weighted by atomic mass is 9.93. The summed E-state index contributed by atoms with van der Waals surface area (Å²) < 4.78 is 13.9. The fraction of sp³-hybridized carbons (Fsp3) is 0.214. The molecule has 3 nitrogen and oxygen atoms in total. The minimum absolute atomic E-state index is 0.0659. The summed E-state index contributed by atoms with van der Waals surface area (Å²) in [7, 11) is 0. The molecule has 1 aliphatic rings. The van der Waals surface area contributed by atoms with Gasteiger partial charge in [-0.15, -0.1) is 11.3 Å². The Hall–Kier alpha value is -1.24. The van der Waals surface area contributed by atoms with Gasteiger partial charge in [0.1, 0.15) is 11.9 Å². The van der Waals surface area contributed by atoms with Crippen LogP contribution >= 0.6 is 27.3 Å². The van der Waals surface area contributed by atoms with E-state index in [-0.39, 0.29) is 17.8 Å². The van der Waals surface area contributed by atoms with E-state index in [9.17, 15) is 9.18 Å². The van der Waals surface area contributed by atoms with E-state index in [1.807, 2.05) is 12.1 Å². The monoisotopic (exact) mass is 354 g/mol. The van der Waals surface area contributed by atoms with Crippen molar-refractivity contribution in [3.8, 4) is 0 Å². The van der Waals surface area contributed by atoms with E-state index in [0.29, 0.717) is 6.54 Å². The molecule has 1 aromatic heterocycles. The Morgan fingerprint density at radius 1 is 1.25 bits per heavy atom. The minimum Gasteiger partial charge on any atom is -0.327 e. The highest BCUT2D eigenvalue weighted by Crippen LogP contribution is 2.39. The van der Waals surface area contributed by atoms with Gasteiger partial charge in [-0.2, -0.15) is 0 Å². The van der Waals surface area contributed by atoms with Crippen molar-refractivity contribution in [2.45, 2.75) is 18.6 Å². The molecule has 1 aromatic carbocycles. The number of carbonyl (C=O) groups is 1. The van der Waals surface area contributed by atoms with Gasteiger partial charge in [0.25, 0.3) is 0 Å². The van der Waals surface area contributed by atoms with Crippen LogP contribution in [-0.4, -0.2) is 16.8 Å². The molecule has 1 aliphatic heterocycles. The molecule has 6 heteroatoms. The molecule has 0 spiro atoms. The summed E-state index contributed by atoms with van der Waals surface area (Å²) in [5, 5.41) is 0. The molecule has 0 aliphatic carbocycles. The third kappa shape index (κ3) is 2.39. The molecule has 2 heterocycles. The van der Waals surface area contributed by atoms with Gasteiger partial charge in [0.2, 0.25) is 5.91 Å². The molecule has 3 rings (SSSR count). The Labute approximate surface area is 128 Å². The van der Waals surface area contributed by atoms with Crippen LogP contribution in [0.4, 0.5) is 4.39 Å². The summed E-state index contributed by atoms with van der Waals surface area (Å²) in [5.41, 5.74) is 6.81. The van der Waals surface area contributed by atoms with Gasteiger partial charge in [0.15, 0.2) is 0 Å². The fourth-order valence-corrected chi connectivity index (χ4v) is 3.94. The number of β-lactam (4-membered cyclic amide) rings is 1. The molecule has 0 bridgehead atoms. The largest absolute Gasteiger partial charge is 0.327 e. The van der Waals surface area contributed by atoms with Crippen molar-refractivity contribution in [2.75, 3.05) is 0 Å². The van der Waals surface area contributed by atoms with Gasteiger partial charge < -0.3 is 10.6 Å². The fourth-order valence-electron chi connectivity index (χ4n) is 2.36. The number of rotatable bonds is 3. The van der Waals surface area contributed by atoms with Gasteiger partial charge in [0, 0.05) is 11.4 Å². The van der Waals surface area contributed by atoms with Crippen LogP contribution in [0.15, 0.2) is 40.2 Å². The van der Waals surface area contributed by atoms with Gasteiger partial charge in [-0.05, 0) is 45.8 Å². The highest BCUT2D eigenvalue weighted by molar-refractivity contribution is 9.11. The molecule has 0 unspecified atom stereocenters. The Kier molecular flexibility index (Phi) is 3.62. The number of nitrogens with two attached hydrogens (primary N) is 1. The highest BCUT2D eigenvalue weighted by Gasteiger charge is 2.46. The number of halogens is 2. The second-order valence-corrected chi connectivity index (χ2v) is 7.20. The second-order valence-electron chi connectivity index (χ2n) is 4.71. The lowest BCUT2D eigenvalue weighted by molar-refractivity contribution is -0.150. The SMILES string of the molecule is N[C@@H]1C(=O)N(Cc2ccc(F)cc2)[C@@H]1c1ccc(Br)s1. The van der Waals surface area contributed by atoms with Crippen molar-refractivity contribution in [2.24, 2.45) is 5.73 Å². The van der Waals surface area contributed by atoms with Crippen molar-refractivity contribution in [1.29, 1.82) is 0 Å². The van der Waals surface area contributed by atoms with E-state index in [2.05, 4.69) is 15.9 Å². The van der Waals surface area contributed by atoms with Gasteiger partial charge in [-0.3, -0.25) is 4.79 Å². The summed E-state index contributed by atoms with van der Waals surface area (Å²) in [6, 6.07) is 9.52. The van der Waals surface area contributed by atoms with Crippen LogP contribution in [0, 0.1) is 5.82 Å². The molecule has 2 N–H and O–H groups in total. The molecule has 2 aromatic rings. The first-order valence-electron chi connectivity index (χ1n) is 6.12. The maximum Gasteiger partial charge on any atom is 0.242 e. The number of hydrogen-bond acceptors (Lipinski definition) is 3. The molecule has 0 saturated carbocycles. The van der Waals surface area contributed by atoms with Crippen LogP contribution in [0.25, 0.3) is 0 Å². The van der Waals surface area contributed by atoms with Crippen molar-refractivity contribution >= 4 is 33.2 Å². The number of nitrogens with zero attached hydrogens (tertiary/aromatic N) is 1. The lowest BCUT2D eigenvalue weighted by Gasteiger charge is -2.45. The second kappa shape index (κ2) is 5.27. The van der Waals surface area contributed by atoms with Gasteiger partial charge in [0.05, 0.1) is 9.83 Å².